The van der Waals surface area contributed by atoms with Crippen LogP contribution in [-0.2, 0) is 28.6 Å². The molecule has 1 atom stereocenters. The summed E-state index contributed by atoms with van der Waals surface area (Å²) in [6.07, 6.45) is 69.5. The summed E-state index contributed by atoms with van der Waals surface area (Å²) < 4.78 is 16.9. The van der Waals surface area contributed by atoms with Crippen LogP contribution in [0.4, 0.5) is 0 Å². The van der Waals surface area contributed by atoms with Crippen LogP contribution in [0.15, 0.2) is 12.2 Å². The molecule has 0 heterocycles. The highest BCUT2D eigenvalue weighted by molar-refractivity contribution is 5.71. The van der Waals surface area contributed by atoms with Gasteiger partial charge >= 0.3 is 17.9 Å². The molecule has 0 aliphatic rings. The van der Waals surface area contributed by atoms with Crippen molar-refractivity contribution in [3.8, 4) is 0 Å². The summed E-state index contributed by atoms with van der Waals surface area (Å²) in [5, 5.41) is 0. The molecule has 0 aliphatic carbocycles. The molecule has 0 bridgehead atoms. The molecule has 0 spiro atoms. The van der Waals surface area contributed by atoms with Crippen molar-refractivity contribution in [1.82, 2.24) is 0 Å². The summed E-state index contributed by atoms with van der Waals surface area (Å²) in [6.45, 7) is 6.69. The molecule has 414 valence electrons. The molecule has 0 aromatic rings. The molecule has 6 nitrogen and oxygen atoms in total. The van der Waals surface area contributed by atoms with Gasteiger partial charge in [-0.25, -0.2) is 0 Å². The number of hydrogen-bond acceptors (Lipinski definition) is 6. The van der Waals surface area contributed by atoms with Crippen molar-refractivity contribution in [1.29, 1.82) is 0 Å². The highest BCUT2D eigenvalue weighted by Gasteiger charge is 2.19. The summed E-state index contributed by atoms with van der Waals surface area (Å²) in [7, 11) is 0. The monoisotopic (exact) mass is 987 g/mol. The van der Waals surface area contributed by atoms with Gasteiger partial charge in [-0.2, -0.15) is 0 Å². The maximum Gasteiger partial charge on any atom is 0.306 e. The number of carbonyl (C=O) groups is 3. The van der Waals surface area contributed by atoms with Gasteiger partial charge < -0.3 is 14.2 Å². The molecule has 0 aromatic heterocycles. The SMILES string of the molecule is CCCCCCCCCC/C=C\CCCCCCCCCCCCCCCCCC(=O)OCC(COC(=O)CCCCCCCCCCC)OC(=O)CCCCCCCCCCCCCCCCCC. The fourth-order valence-corrected chi connectivity index (χ4v) is 9.74. The summed E-state index contributed by atoms with van der Waals surface area (Å²) in [6, 6.07) is 0. The van der Waals surface area contributed by atoms with Crippen molar-refractivity contribution in [2.75, 3.05) is 13.2 Å². The first-order chi connectivity index (χ1) is 34.5. The molecular weight excluding hydrogens is 865 g/mol. The fourth-order valence-electron chi connectivity index (χ4n) is 9.74. The maximum atomic E-state index is 12.8. The van der Waals surface area contributed by atoms with Gasteiger partial charge in [0.1, 0.15) is 13.2 Å². The van der Waals surface area contributed by atoms with Crippen molar-refractivity contribution in [2.24, 2.45) is 0 Å². The van der Waals surface area contributed by atoms with Crippen LogP contribution in [0.3, 0.4) is 0 Å². The van der Waals surface area contributed by atoms with Crippen molar-refractivity contribution in [3.63, 3.8) is 0 Å². The standard InChI is InChI=1S/C64H122O6/c1-4-7-10-13-16-19-21-23-25-27-28-29-30-31-32-33-34-35-36-37-39-40-42-45-48-51-54-57-63(66)69-60-61(59-68-62(65)56-53-50-47-44-18-15-12-9-6-3)70-64(67)58-55-52-49-46-43-41-38-26-24-22-20-17-14-11-8-5-2/h27-28,61H,4-26,29-60H2,1-3H3/b28-27-. The van der Waals surface area contributed by atoms with Gasteiger partial charge in [0.25, 0.3) is 0 Å². The largest absolute Gasteiger partial charge is 0.462 e. The van der Waals surface area contributed by atoms with E-state index in [1.165, 1.54) is 263 Å². The average Bonchev–Trinajstić information content (AvgIpc) is 3.36. The lowest BCUT2D eigenvalue weighted by Crippen LogP contribution is -2.30. The van der Waals surface area contributed by atoms with Crippen LogP contribution in [-0.4, -0.2) is 37.2 Å². The third kappa shape index (κ3) is 57.1. The van der Waals surface area contributed by atoms with Gasteiger partial charge in [-0.3, -0.25) is 14.4 Å². The number of carbonyl (C=O) groups excluding carboxylic acids is 3. The van der Waals surface area contributed by atoms with Crippen LogP contribution in [0.25, 0.3) is 0 Å². The van der Waals surface area contributed by atoms with Crippen LogP contribution in [0.5, 0.6) is 0 Å². The second-order valence-corrected chi connectivity index (χ2v) is 21.7. The highest BCUT2D eigenvalue weighted by Crippen LogP contribution is 2.18. The Morgan fingerprint density at radius 1 is 0.271 bits per heavy atom. The van der Waals surface area contributed by atoms with E-state index >= 15 is 0 Å². The first-order valence-corrected chi connectivity index (χ1v) is 31.7. The second-order valence-electron chi connectivity index (χ2n) is 21.7. The Labute approximate surface area is 437 Å². The topological polar surface area (TPSA) is 78.9 Å². The molecule has 0 saturated carbocycles. The molecular formula is C64H122O6. The quantitative estimate of drug-likeness (QED) is 0.0261. The predicted molar refractivity (Wildman–Crippen MR) is 303 cm³/mol. The van der Waals surface area contributed by atoms with E-state index in [0.717, 1.165) is 57.8 Å². The molecule has 1 unspecified atom stereocenters. The minimum absolute atomic E-state index is 0.0633. The van der Waals surface area contributed by atoms with Crippen molar-refractivity contribution in [3.05, 3.63) is 12.2 Å². The Hall–Kier alpha value is -1.85. The van der Waals surface area contributed by atoms with Crippen LogP contribution in [0.2, 0.25) is 0 Å². The lowest BCUT2D eigenvalue weighted by molar-refractivity contribution is -0.167. The number of ether oxygens (including phenoxy) is 3. The normalized spacial score (nSPS) is 12.0. The van der Waals surface area contributed by atoms with Gasteiger partial charge in [0.05, 0.1) is 0 Å². The highest BCUT2D eigenvalue weighted by atomic mass is 16.6. The van der Waals surface area contributed by atoms with Gasteiger partial charge in [0.15, 0.2) is 6.10 Å². The molecule has 0 N–H and O–H groups in total. The summed E-state index contributed by atoms with van der Waals surface area (Å²) in [5.74, 6) is -0.839. The van der Waals surface area contributed by atoms with Crippen molar-refractivity contribution >= 4 is 17.9 Å². The van der Waals surface area contributed by atoms with Gasteiger partial charge in [-0.05, 0) is 44.9 Å². The maximum absolute atomic E-state index is 12.8. The van der Waals surface area contributed by atoms with Crippen LogP contribution in [0, 0.1) is 0 Å². The van der Waals surface area contributed by atoms with E-state index in [1.807, 2.05) is 0 Å². The van der Waals surface area contributed by atoms with E-state index in [2.05, 4.69) is 32.9 Å². The lowest BCUT2D eigenvalue weighted by atomic mass is 10.0. The zero-order valence-corrected chi connectivity index (χ0v) is 47.6. The molecule has 0 saturated heterocycles. The van der Waals surface area contributed by atoms with Crippen molar-refractivity contribution < 1.29 is 28.6 Å². The summed E-state index contributed by atoms with van der Waals surface area (Å²) in [4.78, 5) is 38.1. The Bertz CT molecular complexity index is 1090. The van der Waals surface area contributed by atoms with Gasteiger partial charge in [-0.15, -0.1) is 0 Å². The third-order valence-corrected chi connectivity index (χ3v) is 14.5. The number of esters is 3. The third-order valence-electron chi connectivity index (χ3n) is 14.5. The van der Waals surface area contributed by atoms with E-state index in [-0.39, 0.29) is 31.1 Å². The molecule has 0 radical (unpaired) electrons. The van der Waals surface area contributed by atoms with Gasteiger partial charge in [0.2, 0.25) is 0 Å². The zero-order valence-electron chi connectivity index (χ0n) is 47.6. The minimum Gasteiger partial charge on any atom is -0.462 e. The van der Waals surface area contributed by atoms with Crippen LogP contribution >= 0.6 is 0 Å². The predicted octanol–water partition coefficient (Wildman–Crippen LogP) is 21.3. The minimum atomic E-state index is -0.763. The van der Waals surface area contributed by atoms with Gasteiger partial charge in [-0.1, -0.05) is 309 Å². The number of rotatable bonds is 59. The number of unbranched alkanes of at least 4 members (excludes halogenated alkanes) is 46. The molecule has 0 rings (SSSR count). The Morgan fingerprint density at radius 3 is 0.714 bits per heavy atom. The Kier molecular flexibility index (Phi) is 58.1. The van der Waals surface area contributed by atoms with Crippen molar-refractivity contribution in [2.45, 2.75) is 367 Å². The van der Waals surface area contributed by atoms with Crippen LogP contribution < -0.4 is 0 Å². The molecule has 0 fully saturated rings. The Morgan fingerprint density at radius 2 is 0.471 bits per heavy atom. The van der Waals surface area contributed by atoms with Gasteiger partial charge in [0, 0.05) is 19.3 Å². The number of hydrogen-bond donors (Lipinski definition) is 0. The lowest BCUT2D eigenvalue weighted by Gasteiger charge is -2.18. The van der Waals surface area contributed by atoms with E-state index in [1.54, 1.807) is 0 Å². The van der Waals surface area contributed by atoms with Crippen LogP contribution in [0.1, 0.15) is 361 Å². The molecule has 0 amide bonds. The van der Waals surface area contributed by atoms with E-state index in [0.29, 0.717) is 19.3 Å². The molecule has 0 aliphatic heterocycles. The Balaban J connectivity index is 4.09. The van der Waals surface area contributed by atoms with E-state index < -0.39 is 6.10 Å². The second kappa shape index (κ2) is 59.7. The van der Waals surface area contributed by atoms with E-state index in [9.17, 15) is 14.4 Å². The smallest absolute Gasteiger partial charge is 0.306 e. The summed E-state index contributed by atoms with van der Waals surface area (Å²) >= 11 is 0. The fraction of sp³-hybridized carbons (Fsp3) is 0.922. The molecule has 6 heteroatoms. The van der Waals surface area contributed by atoms with E-state index in [4.69, 9.17) is 14.2 Å². The first kappa shape index (κ1) is 68.2. The molecule has 0 aromatic carbocycles. The number of allylic oxidation sites excluding steroid dienone is 2. The first-order valence-electron chi connectivity index (χ1n) is 31.7. The molecule has 70 heavy (non-hydrogen) atoms. The average molecular weight is 988 g/mol. The zero-order chi connectivity index (χ0) is 50.7. The summed E-state index contributed by atoms with van der Waals surface area (Å²) in [5.41, 5.74) is 0.